The molecule has 2 rings (SSSR count). The smallest absolute Gasteiger partial charge is 0.00237 e. The van der Waals surface area contributed by atoms with E-state index in [1.54, 1.807) is 0 Å². The van der Waals surface area contributed by atoms with Gasteiger partial charge in [-0.1, -0.05) is 6.42 Å². The molecule has 2 saturated heterocycles. The first-order valence-electron chi connectivity index (χ1n) is 4.20. The van der Waals surface area contributed by atoms with Crippen LogP contribution in [0.1, 0.15) is 19.3 Å². The molecule has 0 unspecified atom stereocenters. The Bertz CT molecular complexity index is 110. The number of nitrogens with one attached hydrogen (secondary N) is 1. The zero-order valence-corrected chi connectivity index (χ0v) is 7.17. The van der Waals surface area contributed by atoms with Crippen LogP contribution in [-0.2, 0) is 0 Å². The van der Waals surface area contributed by atoms with E-state index in [0.717, 1.165) is 5.41 Å². The van der Waals surface area contributed by atoms with Crippen LogP contribution in [0.3, 0.4) is 0 Å². The van der Waals surface area contributed by atoms with E-state index in [4.69, 9.17) is 0 Å². The van der Waals surface area contributed by atoms with Crippen LogP contribution in [0.15, 0.2) is 0 Å². The topological polar surface area (TPSA) is 12.0 Å². The number of rotatable bonds is 0. The summed E-state index contributed by atoms with van der Waals surface area (Å²) in [7, 11) is 0. The van der Waals surface area contributed by atoms with E-state index >= 15 is 0 Å². The Morgan fingerprint density at radius 1 is 1.20 bits per heavy atom. The first-order chi connectivity index (χ1) is 4.91. The van der Waals surface area contributed by atoms with Gasteiger partial charge in [0.1, 0.15) is 0 Å². The van der Waals surface area contributed by atoms with Gasteiger partial charge in [0, 0.05) is 23.5 Å². The van der Waals surface area contributed by atoms with Crippen molar-refractivity contribution in [1.29, 1.82) is 0 Å². The SMILES string of the molecule is C1CCC2(CNC1)CSC2. The highest BCUT2D eigenvalue weighted by molar-refractivity contribution is 8.00. The van der Waals surface area contributed by atoms with Crippen molar-refractivity contribution in [3.63, 3.8) is 0 Å². The molecule has 2 aliphatic rings. The molecule has 0 aromatic heterocycles. The number of hydrogen-bond acceptors (Lipinski definition) is 2. The molecule has 2 aliphatic heterocycles. The van der Waals surface area contributed by atoms with E-state index in [0.29, 0.717) is 0 Å². The summed E-state index contributed by atoms with van der Waals surface area (Å²) in [6.07, 6.45) is 4.33. The van der Waals surface area contributed by atoms with Crippen LogP contribution in [-0.4, -0.2) is 24.6 Å². The van der Waals surface area contributed by atoms with Gasteiger partial charge in [-0.3, -0.25) is 0 Å². The second kappa shape index (κ2) is 2.74. The zero-order chi connectivity index (χ0) is 6.86. The summed E-state index contributed by atoms with van der Waals surface area (Å²) >= 11 is 2.11. The predicted molar refractivity (Wildman–Crippen MR) is 46.5 cm³/mol. The molecule has 1 spiro atoms. The Morgan fingerprint density at radius 3 is 2.80 bits per heavy atom. The Kier molecular flexibility index (Phi) is 1.92. The standard InChI is InChI=1S/C8H15NS/c1-2-4-9-5-8(3-1)6-10-7-8/h9H,1-7H2. The van der Waals surface area contributed by atoms with Gasteiger partial charge in [-0.15, -0.1) is 0 Å². The lowest BCUT2D eigenvalue weighted by Crippen LogP contribution is -2.43. The van der Waals surface area contributed by atoms with Gasteiger partial charge in [0.05, 0.1) is 0 Å². The predicted octanol–water partition coefficient (Wildman–Crippen LogP) is 1.49. The van der Waals surface area contributed by atoms with Gasteiger partial charge in [0.15, 0.2) is 0 Å². The molecule has 0 aliphatic carbocycles. The average molecular weight is 157 g/mol. The summed E-state index contributed by atoms with van der Waals surface area (Å²) < 4.78 is 0. The fraction of sp³-hybridized carbons (Fsp3) is 1.00. The van der Waals surface area contributed by atoms with Gasteiger partial charge in [-0.05, 0) is 19.4 Å². The van der Waals surface area contributed by atoms with E-state index < -0.39 is 0 Å². The Hall–Kier alpha value is 0.310. The molecule has 2 heteroatoms. The molecule has 58 valence electrons. The lowest BCUT2D eigenvalue weighted by Gasteiger charge is -2.40. The molecule has 10 heavy (non-hydrogen) atoms. The third kappa shape index (κ3) is 1.19. The van der Waals surface area contributed by atoms with E-state index in [1.165, 1.54) is 43.9 Å². The van der Waals surface area contributed by atoms with Gasteiger partial charge in [-0.25, -0.2) is 0 Å². The number of hydrogen-bond donors (Lipinski definition) is 1. The van der Waals surface area contributed by atoms with E-state index in [9.17, 15) is 0 Å². The van der Waals surface area contributed by atoms with Gasteiger partial charge in [0.25, 0.3) is 0 Å². The molecule has 0 bridgehead atoms. The molecular formula is C8H15NS. The van der Waals surface area contributed by atoms with Crippen LogP contribution in [0.2, 0.25) is 0 Å². The zero-order valence-electron chi connectivity index (χ0n) is 6.36. The lowest BCUT2D eigenvalue weighted by molar-refractivity contribution is 0.330. The van der Waals surface area contributed by atoms with E-state index in [1.807, 2.05) is 0 Å². The van der Waals surface area contributed by atoms with E-state index in [2.05, 4.69) is 17.1 Å². The second-order valence-electron chi connectivity index (χ2n) is 3.63. The van der Waals surface area contributed by atoms with Crippen molar-refractivity contribution in [2.24, 2.45) is 5.41 Å². The fourth-order valence-electron chi connectivity index (χ4n) is 1.83. The third-order valence-corrected chi connectivity index (χ3v) is 4.26. The highest BCUT2D eigenvalue weighted by Gasteiger charge is 2.37. The molecule has 0 atom stereocenters. The quantitative estimate of drug-likeness (QED) is 0.572. The van der Waals surface area contributed by atoms with Crippen molar-refractivity contribution in [2.75, 3.05) is 24.6 Å². The Morgan fingerprint density at radius 2 is 2.10 bits per heavy atom. The van der Waals surface area contributed by atoms with Crippen molar-refractivity contribution < 1.29 is 0 Å². The summed E-state index contributed by atoms with van der Waals surface area (Å²) in [6, 6.07) is 0. The van der Waals surface area contributed by atoms with Crippen LogP contribution in [0.4, 0.5) is 0 Å². The molecule has 0 amide bonds. The molecule has 0 aromatic rings. The first kappa shape index (κ1) is 6.99. The van der Waals surface area contributed by atoms with Crippen LogP contribution < -0.4 is 5.32 Å². The summed E-state index contributed by atoms with van der Waals surface area (Å²) in [5, 5.41) is 3.53. The first-order valence-corrected chi connectivity index (χ1v) is 5.35. The minimum atomic E-state index is 0.737. The van der Waals surface area contributed by atoms with Crippen LogP contribution in [0.5, 0.6) is 0 Å². The molecule has 0 saturated carbocycles. The van der Waals surface area contributed by atoms with Gasteiger partial charge >= 0.3 is 0 Å². The van der Waals surface area contributed by atoms with Crippen LogP contribution in [0, 0.1) is 5.41 Å². The van der Waals surface area contributed by atoms with Gasteiger partial charge in [-0.2, -0.15) is 11.8 Å². The average Bonchev–Trinajstić information content (AvgIpc) is 2.08. The fourth-order valence-corrected chi connectivity index (χ4v) is 3.10. The van der Waals surface area contributed by atoms with Gasteiger partial charge < -0.3 is 5.32 Å². The summed E-state index contributed by atoms with van der Waals surface area (Å²) in [5.74, 6) is 2.83. The molecule has 1 nitrogen and oxygen atoms in total. The maximum Gasteiger partial charge on any atom is 0.00237 e. The van der Waals surface area contributed by atoms with E-state index in [-0.39, 0.29) is 0 Å². The maximum atomic E-state index is 3.53. The molecule has 0 radical (unpaired) electrons. The maximum absolute atomic E-state index is 3.53. The van der Waals surface area contributed by atoms with Crippen molar-refractivity contribution in [1.82, 2.24) is 5.32 Å². The summed E-state index contributed by atoms with van der Waals surface area (Å²) in [5.41, 5.74) is 0.737. The molecule has 2 heterocycles. The Labute approximate surface area is 67.0 Å². The largest absolute Gasteiger partial charge is 0.316 e. The summed E-state index contributed by atoms with van der Waals surface area (Å²) in [4.78, 5) is 0. The molecule has 0 aromatic carbocycles. The minimum Gasteiger partial charge on any atom is -0.316 e. The second-order valence-corrected chi connectivity index (χ2v) is 4.61. The van der Waals surface area contributed by atoms with Crippen LogP contribution >= 0.6 is 11.8 Å². The summed E-state index contributed by atoms with van der Waals surface area (Å²) in [6.45, 7) is 2.55. The third-order valence-electron chi connectivity index (χ3n) is 2.63. The van der Waals surface area contributed by atoms with Crippen molar-refractivity contribution in [2.45, 2.75) is 19.3 Å². The van der Waals surface area contributed by atoms with Gasteiger partial charge in [0.2, 0.25) is 0 Å². The lowest BCUT2D eigenvalue weighted by atomic mass is 9.87. The normalized spacial score (nSPS) is 31.2. The van der Waals surface area contributed by atoms with Crippen molar-refractivity contribution in [3.05, 3.63) is 0 Å². The highest BCUT2D eigenvalue weighted by Crippen LogP contribution is 2.42. The highest BCUT2D eigenvalue weighted by atomic mass is 32.2. The van der Waals surface area contributed by atoms with Crippen LogP contribution in [0.25, 0.3) is 0 Å². The molecule has 2 fully saturated rings. The number of thioether (sulfide) groups is 1. The van der Waals surface area contributed by atoms with Crippen molar-refractivity contribution >= 4 is 11.8 Å². The molecular weight excluding hydrogens is 142 g/mol. The Balaban J connectivity index is 1.92. The van der Waals surface area contributed by atoms with Crippen molar-refractivity contribution in [3.8, 4) is 0 Å². The monoisotopic (exact) mass is 157 g/mol. The molecule has 1 N–H and O–H groups in total. The minimum absolute atomic E-state index is 0.737.